The van der Waals surface area contributed by atoms with Crippen LogP contribution in [0.25, 0.3) is 10.6 Å². The van der Waals surface area contributed by atoms with Crippen LogP contribution in [0.3, 0.4) is 0 Å². The van der Waals surface area contributed by atoms with Crippen molar-refractivity contribution < 1.29 is 4.79 Å². The predicted octanol–water partition coefficient (Wildman–Crippen LogP) is 3.54. The highest BCUT2D eigenvalue weighted by Gasteiger charge is 2.13. The number of carbonyl (C=O) groups is 1. The van der Waals surface area contributed by atoms with E-state index in [1.807, 2.05) is 23.8 Å². The Bertz CT molecular complexity index is 717. The number of amides is 1. The highest BCUT2D eigenvalue weighted by atomic mass is 32.1. The number of nitrogens with one attached hydrogen (secondary N) is 1. The molecule has 0 saturated heterocycles. The third-order valence-electron chi connectivity index (χ3n) is 2.49. The van der Waals surface area contributed by atoms with E-state index in [0.29, 0.717) is 10.0 Å². The summed E-state index contributed by atoms with van der Waals surface area (Å²) >= 11 is 4.37. The maximum absolute atomic E-state index is 12.0. The van der Waals surface area contributed by atoms with Crippen LogP contribution in [-0.2, 0) is 6.42 Å². The lowest BCUT2D eigenvalue weighted by molar-refractivity contribution is 0.103. The van der Waals surface area contributed by atoms with Gasteiger partial charge in [0.05, 0.1) is 11.2 Å². The van der Waals surface area contributed by atoms with Gasteiger partial charge in [0, 0.05) is 10.9 Å². The first-order valence-corrected chi connectivity index (χ1v) is 8.46. The molecule has 0 unspecified atom stereocenters. The van der Waals surface area contributed by atoms with E-state index in [1.165, 1.54) is 22.7 Å². The lowest BCUT2D eigenvalue weighted by atomic mass is 10.4. The van der Waals surface area contributed by atoms with Gasteiger partial charge in [-0.05, 0) is 17.9 Å². The van der Waals surface area contributed by atoms with Gasteiger partial charge in [0.15, 0.2) is 0 Å². The van der Waals surface area contributed by atoms with E-state index in [4.69, 9.17) is 0 Å². The second-order valence-electron chi connectivity index (χ2n) is 3.85. The van der Waals surface area contributed by atoms with Gasteiger partial charge in [0.25, 0.3) is 5.91 Å². The maximum Gasteiger partial charge on any atom is 0.269 e. The van der Waals surface area contributed by atoms with Gasteiger partial charge in [-0.15, -0.1) is 21.5 Å². The van der Waals surface area contributed by atoms with Gasteiger partial charge < -0.3 is 0 Å². The van der Waals surface area contributed by atoms with Crippen molar-refractivity contribution in [2.75, 3.05) is 5.32 Å². The van der Waals surface area contributed by atoms with Crippen molar-refractivity contribution in [1.82, 2.24) is 15.2 Å². The highest BCUT2D eigenvalue weighted by molar-refractivity contribution is 7.19. The molecule has 3 rings (SSSR count). The molecule has 8 heteroatoms. The molecule has 0 radical (unpaired) electrons. The lowest BCUT2D eigenvalue weighted by Crippen LogP contribution is -2.09. The van der Waals surface area contributed by atoms with Gasteiger partial charge in [-0.25, -0.2) is 4.98 Å². The molecule has 0 aliphatic carbocycles. The van der Waals surface area contributed by atoms with E-state index in [-0.39, 0.29) is 5.91 Å². The molecule has 0 fully saturated rings. The van der Waals surface area contributed by atoms with Crippen LogP contribution in [0.15, 0.2) is 23.0 Å². The molecule has 0 saturated carbocycles. The molecule has 1 N–H and O–H groups in total. The van der Waals surface area contributed by atoms with Crippen molar-refractivity contribution in [2.45, 2.75) is 13.3 Å². The fraction of sp³-hybridized carbons (Fsp3) is 0.167. The van der Waals surface area contributed by atoms with Crippen LogP contribution in [0.2, 0.25) is 0 Å². The minimum atomic E-state index is -0.185. The zero-order valence-corrected chi connectivity index (χ0v) is 12.9. The molecule has 3 heterocycles. The standard InChI is InChI=1S/C12H10N4OS3/c1-2-9-13-5-8(19-9)10(17)14-12-16-15-11(20-12)7-3-4-18-6-7/h3-6H,2H2,1H3,(H,14,16,17). The smallest absolute Gasteiger partial charge is 0.269 e. The lowest BCUT2D eigenvalue weighted by Gasteiger charge is -1.95. The zero-order valence-electron chi connectivity index (χ0n) is 10.5. The number of thiazole rings is 1. The van der Waals surface area contributed by atoms with Gasteiger partial charge in [0.1, 0.15) is 9.88 Å². The molecular weight excluding hydrogens is 312 g/mol. The molecular formula is C12H10N4OS3. The Hall–Kier alpha value is -1.64. The Kier molecular flexibility index (Phi) is 3.86. The van der Waals surface area contributed by atoms with Gasteiger partial charge in [-0.2, -0.15) is 11.3 Å². The summed E-state index contributed by atoms with van der Waals surface area (Å²) in [6.45, 7) is 2.01. The summed E-state index contributed by atoms with van der Waals surface area (Å²) in [5.41, 5.74) is 1.03. The topological polar surface area (TPSA) is 67.8 Å². The Morgan fingerprint density at radius 3 is 2.95 bits per heavy atom. The van der Waals surface area contributed by atoms with E-state index in [0.717, 1.165) is 22.0 Å². The highest BCUT2D eigenvalue weighted by Crippen LogP contribution is 2.28. The summed E-state index contributed by atoms with van der Waals surface area (Å²) in [6.07, 6.45) is 2.43. The molecule has 0 aromatic carbocycles. The summed E-state index contributed by atoms with van der Waals surface area (Å²) in [6, 6.07) is 1.98. The monoisotopic (exact) mass is 322 g/mol. The third-order valence-corrected chi connectivity index (χ3v) is 5.20. The van der Waals surface area contributed by atoms with Crippen LogP contribution in [-0.4, -0.2) is 21.1 Å². The van der Waals surface area contributed by atoms with Crippen molar-refractivity contribution >= 4 is 45.0 Å². The minimum absolute atomic E-state index is 0.185. The van der Waals surface area contributed by atoms with Crippen molar-refractivity contribution in [3.05, 3.63) is 32.9 Å². The third kappa shape index (κ3) is 2.77. The molecule has 0 aliphatic rings. The number of aryl methyl sites for hydroxylation is 1. The average Bonchev–Trinajstić information content (AvgIpc) is 3.19. The molecule has 1 amide bonds. The van der Waals surface area contributed by atoms with E-state index in [9.17, 15) is 4.79 Å². The van der Waals surface area contributed by atoms with E-state index in [1.54, 1.807) is 17.5 Å². The summed E-state index contributed by atoms with van der Waals surface area (Å²) in [5.74, 6) is -0.185. The van der Waals surface area contributed by atoms with E-state index >= 15 is 0 Å². The van der Waals surface area contributed by atoms with Crippen LogP contribution in [0.1, 0.15) is 21.6 Å². The average molecular weight is 322 g/mol. The van der Waals surface area contributed by atoms with Crippen LogP contribution < -0.4 is 5.32 Å². The Balaban J connectivity index is 1.73. The SMILES string of the molecule is CCc1ncc(C(=O)Nc2nnc(-c3ccsc3)s2)s1. The first-order chi connectivity index (χ1) is 9.76. The van der Waals surface area contributed by atoms with E-state index < -0.39 is 0 Å². The Morgan fingerprint density at radius 1 is 1.35 bits per heavy atom. The fourth-order valence-corrected chi connectivity index (χ4v) is 3.72. The molecule has 5 nitrogen and oxygen atoms in total. The number of nitrogens with zero attached hydrogens (tertiary/aromatic N) is 3. The van der Waals surface area contributed by atoms with Gasteiger partial charge in [-0.3, -0.25) is 10.1 Å². The quantitative estimate of drug-likeness (QED) is 0.798. The Morgan fingerprint density at radius 2 is 2.25 bits per heavy atom. The zero-order chi connectivity index (χ0) is 13.9. The summed E-state index contributed by atoms with van der Waals surface area (Å²) in [5, 5.41) is 17.1. The first-order valence-electron chi connectivity index (χ1n) is 5.88. The molecule has 20 heavy (non-hydrogen) atoms. The fourth-order valence-electron chi connectivity index (χ4n) is 1.51. The minimum Gasteiger partial charge on any atom is -0.296 e. The number of thiophene rings is 1. The van der Waals surface area contributed by atoms with Gasteiger partial charge in [0.2, 0.25) is 5.13 Å². The van der Waals surface area contributed by atoms with Crippen LogP contribution in [0.4, 0.5) is 5.13 Å². The predicted molar refractivity (Wildman–Crippen MR) is 82.7 cm³/mol. The van der Waals surface area contributed by atoms with Crippen molar-refractivity contribution in [3.8, 4) is 10.6 Å². The summed E-state index contributed by atoms with van der Waals surface area (Å²) in [7, 11) is 0. The Labute approximate surface area is 127 Å². The number of rotatable bonds is 4. The molecule has 102 valence electrons. The van der Waals surface area contributed by atoms with Crippen molar-refractivity contribution in [3.63, 3.8) is 0 Å². The maximum atomic E-state index is 12.0. The van der Waals surface area contributed by atoms with Crippen molar-refractivity contribution in [1.29, 1.82) is 0 Å². The first kappa shape index (κ1) is 13.3. The van der Waals surface area contributed by atoms with Crippen molar-refractivity contribution in [2.24, 2.45) is 0 Å². The van der Waals surface area contributed by atoms with E-state index in [2.05, 4.69) is 20.5 Å². The number of aromatic nitrogens is 3. The molecule has 0 bridgehead atoms. The molecule has 0 atom stereocenters. The summed E-state index contributed by atoms with van der Waals surface area (Å²) < 4.78 is 0. The number of anilines is 1. The number of hydrogen-bond donors (Lipinski definition) is 1. The number of hydrogen-bond acceptors (Lipinski definition) is 7. The van der Waals surface area contributed by atoms with Gasteiger partial charge in [-0.1, -0.05) is 18.3 Å². The van der Waals surface area contributed by atoms with Crippen LogP contribution >= 0.6 is 34.0 Å². The largest absolute Gasteiger partial charge is 0.296 e. The normalized spacial score (nSPS) is 10.7. The molecule has 0 aliphatic heterocycles. The van der Waals surface area contributed by atoms with Crippen LogP contribution in [0, 0.1) is 0 Å². The molecule has 0 spiro atoms. The number of carbonyl (C=O) groups excluding carboxylic acids is 1. The second kappa shape index (κ2) is 5.78. The summed E-state index contributed by atoms with van der Waals surface area (Å²) in [4.78, 5) is 16.8. The molecule has 3 aromatic rings. The van der Waals surface area contributed by atoms with Crippen LogP contribution in [0.5, 0.6) is 0 Å². The molecule has 3 aromatic heterocycles. The van der Waals surface area contributed by atoms with Gasteiger partial charge >= 0.3 is 0 Å². The second-order valence-corrected chi connectivity index (χ2v) is 6.72.